The van der Waals surface area contributed by atoms with Crippen LogP contribution in [0.4, 0.5) is 0 Å². The van der Waals surface area contributed by atoms with Crippen molar-refractivity contribution >= 4 is 11.8 Å². The average molecular weight is 195 g/mol. The number of Topliss-reactive ketones (excluding diaryl/α,β-unsaturated/α-hetero) is 1. The van der Waals surface area contributed by atoms with Gasteiger partial charge in [-0.25, -0.2) is 0 Å². The van der Waals surface area contributed by atoms with Crippen LogP contribution in [0.1, 0.15) is 23.7 Å². The highest BCUT2D eigenvalue weighted by Gasteiger charge is 2.12. The molecule has 4 nitrogen and oxygen atoms in total. The third kappa shape index (κ3) is 2.73. The zero-order valence-electron chi connectivity index (χ0n) is 8.32. The molecule has 0 aromatic carbocycles. The summed E-state index contributed by atoms with van der Waals surface area (Å²) in [5.74, 6) is -0.676. The Morgan fingerprint density at radius 1 is 1.50 bits per heavy atom. The fourth-order valence-corrected chi connectivity index (χ4v) is 1.11. The van der Waals surface area contributed by atoms with Crippen molar-refractivity contribution in [3.8, 4) is 0 Å². The lowest BCUT2D eigenvalue weighted by molar-refractivity contribution is -0.141. The first-order valence-electron chi connectivity index (χ1n) is 4.44. The van der Waals surface area contributed by atoms with Gasteiger partial charge in [-0.1, -0.05) is 0 Å². The summed E-state index contributed by atoms with van der Waals surface area (Å²) in [4.78, 5) is 22.4. The Balaban J connectivity index is 2.55. The zero-order valence-corrected chi connectivity index (χ0v) is 8.32. The van der Waals surface area contributed by atoms with E-state index in [4.69, 9.17) is 0 Å². The second kappa shape index (κ2) is 4.60. The molecule has 0 radical (unpaired) electrons. The quantitative estimate of drug-likeness (QED) is 0.411. The van der Waals surface area contributed by atoms with Crippen LogP contribution < -0.4 is 0 Å². The molecule has 1 aromatic rings. The maximum Gasteiger partial charge on any atom is 0.313 e. The lowest BCUT2D eigenvalue weighted by atomic mass is 10.2. The number of hydrogen-bond acceptors (Lipinski definition) is 3. The number of carbonyl (C=O) groups is 2. The second-order valence-corrected chi connectivity index (χ2v) is 2.97. The predicted octanol–water partition coefficient (Wildman–Crippen LogP) is 1.16. The topological polar surface area (TPSA) is 48.3 Å². The molecule has 0 saturated carbocycles. The van der Waals surface area contributed by atoms with Gasteiger partial charge in [0, 0.05) is 25.0 Å². The summed E-state index contributed by atoms with van der Waals surface area (Å²) in [6.07, 6.45) is 3.26. The van der Waals surface area contributed by atoms with Crippen molar-refractivity contribution in [2.45, 2.75) is 13.3 Å². The Morgan fingerprint density at radius 3 is 2.71 bits per heavy atom. The number of carbonyl (C=O) groups excluding carboxylic acids is 2. The summed E-state index contributed by atoms with van der Waals surface area (Å²) in [5, 5.41) is 0. The molecule has 0 aliphatic carbocycles. The van der Waals surface area contributed by atoms with Crippen LogP contribution in [0, 0.1) is 0 Å². The van der Waals surface area contributed by atoms with Crippen molar-refractivity contribution in [3.05, 3.63) is 24.0 Å². The number of aromatic nitrogens is 1. The minimum Gasteiger partial charge on any atom is -0.466 e. The molecular weight excluding hydrogens is 182 g/mol. The highest BCUT2D eigenvalue weighted by Crippen LogP contribution is 2.04. The summed E-state index contributed by atoms with van der Waals surface area (Å²) >= 11 is 0. The molecule has 0 fully saturated rings. The Bertz CT molecular complexity index is 341. The predicted molar refractivity (Wildman–Crippen MR) is 51.0 cm³/mol. The van der Waals surface area contributed by atoms with Crippen molar-refractivity contribution < 1.29 is 14.3 Å². The molecular formula is C10H13NO3. The molecule has 0 atom stereocenters. The van der Waals surface area contributed by atoms with Crippen LogP contribution in [0.25, 0.3) is 0 Å². The first kappa shape index (κ1) is 10.5. The second-order valence-electron chi connectivity index (χ2n) is 2.97. The number of aryl methyl sites for hydroxylation is 1. The number of hydrogen-bond donors (Lipinski definition) is 0. The van der Waals surface area contributed by atoms with E-state index < -0.39 is 5.97 Å². The third-order valence-electron chi connectivity index (χ3n) is 1.76. The molecule has 0 unspecified atom stereocenters. The number of esters is 1. The standard InChI is InChI=1S/C10H13NO3/c1-3-14-10(13)6-9(12)8-4-5-11(2)7-8/h4-5,7H,3,6H2,1-2H3. The van der Waals surface area contributed by atoms with Gasteiger partial charge in [-0.05, 0) is 13.0 Å². The van der Waals surface area contributed by atoms with E-state index in [2.05, 4.69) is 4.74 Å². The molecule has 14 heavy (non-hydrogen) atoms. The molecule has 0 spiro atoms. The van der Waals surface area contributed by atoms with Crippen molar-refractivity contribution in [2.75, 3.05) is 6.61 Å². The summed E-state index contributed by atoms with van der Waals surface area (Å²) < 4.78 is 6.44. The van der Waals surface area contributed by atoms with E-state index in [-0.39, 0.29) is 12.2 Å². The average Bonchev–Trinajstić information content (AvgIpc) is 2.52. The van der Waals surface area contributed by atoms with Crippen LogP contribution in [0.2, 0.25) is 0 Å². The van der Waals surface area contributed by atoms with Crippen molar-refractivity contribution in [2.24, 2.45) is 7.05 Å². The molecule has 1 aromatic heterocycles. The molecule has 0 N–H and O–H groups in total. The maximum atomic E-state index is 11.4. The Kier molecular flexibility index (Phi) is 3.45. The normalized spacial score (nSPS) is 9.86. The number of ether oxygens (including phenoxy) is 1. The smallest absolute Gasteiger partial charge is 0.313 e. The van der Waals surface area contributed by atoms with Gasteiger partial charge in [0.1, 0.15) is 6.42 Å². The van der Waals surface area contributed by atoms with E-state index in [1.165, 1.54) is 0 Å². The molecule has 4 heteroatoms. The van der Waals surface area contributed by atoms with E-state index in [0.717, 1.165) is 0 Å². The largest absolute Gasteiger partial charge is 0.466 e. The van der Waals surface area contributed by atoms with Crippen LogP contribution in [-0.4, -0.2) is 22.9 Å². The minimum absolute atomic E-state index is 0.183. The summed E-state index contributed by atoms with van der Waals surface area (Å²) in [6, 6.07) is 1.68. The van der Waals surface area contributed by atoms with Crippen LogP contribution in [0.3, 0.4) is 0 Å². The Morgan fingerprint density at radius 2 is 2.21 bits per heavy atom. The molecule has 0 bridgehead atoms. The lowest BCUT2D eigenvalue weighted by Gasteiger charge is -1.99. The van der Waals surface area contributed by atoms with E-state index in [9.17, 15) is 9.59 Å². The van der Waals surface area contributed by atoms with Crippen LogP contribution >= 0.6 is 0 Å². The summed E-state index contributed by atoms with van der Waals surface area (Å²) in [5.41, 5.74) is 0.542. The summed E-state index contributed by atoms with van der Waals surface area (Å²) in [7, 11) is 1.82. The Labute approximate surface area is 82.5 Å². The van der Waals surface area contributed by atoms with Crippen LogP contribution in [0.15, 0.2) is 18.5 Å². The van der Waals surface area contributed by atoms with Gasteiger partial charge in [0.05, 0.1) is 6.61 Å². The first-order chi connectivity index (χ1) is 6.63. The van der Waals surface area contributed by atoms with Gasteiger partial charge in [0.25, 0.3) is 0 Å². The first-order valence-corrected chi connectivity index (χ1v) is 4.44. The van der Waals surface area contributed by atoms with Gasteiger partial charge in [-0.3, -0.25) is 9.59 Å². The summed E-state index contributed by atoms with van der Waals surface area (Å²) in [6.45, 7) is 2.02. The Hall–Kier alpha value is -1.58. The van der Waals surface area contributed by atoms with Gasteiger partial charge >= 0.3 is 5.97 Å². The molecule has 0 saturated heterocycles. The van der Waals surface area contributed by atoms with Crippen LogP contribution in [-0.2, 0) is 16.6 Å². The van der Waals surface area contributed by atoms with Gasteiger partial charge < -0.3 is 9.30 Å². The van der Waals surface area contributed by atoms with Gasteiger partial charge in [-0.15, -0.1) is 0 Å². The zero-order chi connectivity index (χ0) is 10.6. The minimum atomic E-state index is -0.471. The molecule has 0 amide bonds. The van der Waals surface area contributed by atoms with E-state index >= 15 is 0 Å². The van der Waals surface area contributed by atoms with E-state index in [1.807, 2.05) is 7.05 Å². The third-order valence-corrected chi connectivity index (χ3v) is 1.76. The van der Waals surface area contributed by atoms with E-state index in [1.54, 1.807) is 30.0 Å². The molecule has 0 aliphatic heterocycles. The fourth-order valence-electron chi connectivity index (χ4n) is 1.11. The van der Waals surface area contributed by atoms with E-state index in [0.29, 0.717) is 12.2 Å². The van der Waals surface area contributed by atoms with Gasteiger partial charge in [0.2, 0.25) is 0 Å². The number of rotatable bonds is 4. The lowest BCUT2D eigenvalue weighted by Crippen LogP contribution is -2.10. The highest BCUT2D eigenvalue weighted by atomic mass is 16.5. The molecule has 1 heterocycles. The van der Waals surface area contributed by atoms with Crippen LogP contribution in [0.5, 0.6) is 0 Å². The van der Waals surface area contributed by atoms with Crippen molar-refractivity contribution in [3.63, 3.8) is 0 Å². The fraction of sp³-hybridized carbons (Fsp3) is 0.400. The SMILES string of the molecule is CCOC(=O)CC(=O)c1ccn(C)c1. The van der Waals surface area contributed by atoms with Crippen molar-refractivity contribution in [1.82, 2.24) is 4.57 Å². The van der Waals surface area contributed by atoms with Gasteiger partial charge in [-0.2, -0.15) is 0 Å². The van der Waals surface area contributed by atoms with Crippen molar-refractivity contribution in [1.29, 1.82) is 0 Å². The molecule has 76 valence electrons. The maximum absolute atomic E-state index is 11.4. The highest BCUT2D eigenvalue weighted by molar-refractivity contribution is 6.05. The molecule has 0 aliphatic rings. The van der Waals surface area contributed by atoms with Gasteiger partial charge in [0.15, 0.2) is 5.78 Å². The molecule has 1 rings (SSSR count). The number of nitrogens with zero attached hydrogens (tertiary/aromatic N) is 1. The monoisotopic (exact) mass is 195 g/mol. The number of ketones is 1.